The number of carbonyl (C=O) groups is 4. The van der Waals surface area contributed by atoms with E-state index in [1.165, 1.54) is 6.92 Å². The Bertz CT molecular complexity index is 563. The maximum absolute atomic E-state index is 11.6. The SMILES string of the molecule is CC(=O)OC[C@H]1O[C@@H](OC(C)S)[C@H](OC(C)=O)[C@@H](OC(C)=O)[C@H]1OC(C)=O. The van der Waals surface area contributed by atoms with Crippen LogP contribution in [0.1, 0.15) is 34.6 Å². The van der Waals surface area contributed by atoms with Crippen molar-refractivity contribution in [2.45, 2.75) is 70.8 Å². The summed E-state index contributed by atoms with van der Waals surface area (Å²) in [5, 5.41) is 0. The van der Waals surface area contributed by atoms with Gasteiger partial charge in [0.05, 0.1) is 0 Å². The molecule has 0 saturated carbocycles. The van der Waals surface area contributed by atoms with Crippen molar-refractivity contribution < 1.29 is 47.6 Å². The van der Waals surface area contributed by atoms with Gasteiger partial charge in [-0.3, -0.25) is 19.2 Å². The lowest BCUT2D eigenvalue weighted by Gasteiger charge is -2.44. The van der Waals surface area contributed by atoms with Gasteiger partial charge in [0.15, 0.2) is 18.3 Å². The molecule has 0 N–H and O–H groups in total. The van der Waals surface area contributed by atoms with Crippen molar-refractivity contribution in [3.8, 4) is 0 Å². The molecule has 0 aromatic rings. The molecule has 1 rings (SSSR count). The van der Waals surface area contributed by atoms with E-state index in [1.807, 2.05) is 0 Å². The molecular formula is C16H24O10S. The lowest BCUT2D eigenvalue weighted by molar-refractivity contribution is -0.309. The van der Waals surface area contributed by atoms with Crippen molar-refractivity contribution in [3.05, 3.63) is 0 Å². The molecule has 0 amide bonds. The molecule has 0 radical (unpaired) electrons. The van der Waals surface area contributed by atoms with E-state index < -0.39 is 60.0 Å². The number of esters is 4. The van der Waals surface area contributed by atoms with Gasteiger partial charge in [0.1, 0.15) is 18.1 Å². The van der Waals surface area contributed by atoms with E-state index in [4.69, 9.17) is 28.4 Å². The normalized spacial score (nSPS) is 28.6. The third-order valence-corrected chi connectivity index (χ3v) is 3.40. The summed E-state index contributed by atoms with van der Waals surface area (Å²) < 4.78 is 31.8. The molecule has 11 heteroatoms. The summed E-state index contributed by atoms with van der Waals surface area (Å²) in [6, 6.07) is 0. The first kappa shape index (κ1) is 23.2. The van der Waals surface area contributed by atoms with Gasteiger partial charge >= 0.3 is 23.9 Å². The molecule has 1 aliphatic rings. The van der Waals surface area contributed by atoms with Crippen LogP contribution in [0.5, 0.6) is 0 Å². The first-order valence-electron chi connectivity index (χ1n) is 8.15. The van der Waals surface area contributed by atoms with E-state index >= 15 is 0 Å². The minimum absolute atomic E-state index is 0.307. The van der Waals surface area contributed by atoms with Crippen LogP contribution in [0.25, 0.3) is 0 Å². The molecule has 1 fully saturated rings. The molecule has 0 aromatic heterocycles. The molecule has 0 aliphatic carbocycles. The van der Waals surface area contributed by atoms with Crippen LogP contribution in [0.15, 0.2) is 0 Å². The van der Waals surface area contributed by atoms with E-state index in [2.05, 4.69) is 12.6 Å². The number of ether oxygens (including phenoxy) is 6. The minimum atomic E-state index is -1.25. The van der Waals surface area contributed by atoms with Crippen LogP contribution in [-0.4, -0.2) is 66.6 Å². The van der Waals surface area contributed by atoms with E-state index in [1.54, 1.807) is 6.92 Å². The molecule has 1 unspecified atom stereocenters. The number of hydrogen-bond acceptors (Lipinski definition) is 11. The zero-order valence-electron chi connectivity index (χ0n) is 15.7. The average Bonchev–Trinajstić information content (AvgIpc) is 2.49. The number of hydrogen-bond donors (Lipinski definition) is 1. The van der Waals surface area contributed by atoms with Crippen LogP contribution >= 0.6 is 12.6 Å². The highest BCUT2D eigenvalue weighted by Crippen LogP contribution is 2.30. The topological polar surface area (TPSA) is 124 Å². The molecule has 6 atom stereocenters. The Labute approximate surface area is 162 Å². The zero-order valence-corrected chi connectivity index (χ0v) is 16.6. The van der Waals surface area contributed by atoms with E-state index in [-0.39, 0.29) is 6.61 Å². The third kappa shape index (κ3) is 7.73. The van der Waals surface area contributed by atoms with Crippen LogP contribution < -0.4 is 0 Å². The molecule has 1 heterocycles. The Kier molecular flexibility index (Phi) is 9.00. The lowest BCUT2D eigenvalue weighted by atomic mass is 9.98. The molecule has 0 spiro atoms. The Hall–Kier alpha value is -1.85. The van der Waals surface area contributed by atoms with Crippen molar-refractivity contribution in [2.75, 3.05) is 6.61 Å². The van der Waals surface area contributed by atoms with Gasteiger partial charge in [-0.15, -0.1) is 12.6 Å². The fraction of sp³-hybridized carbons (Fsp3) is 0.750. The van der Waals surface area contributed by atoms with Crippen molar-refractivity contribution in [1.82, 2.24) is 0 Å². The summed E-state index contributed by atoms with van der Waals surface area (Å²) in [4.78, 5) is 45.8. The maximum atomic E-state index is 11.6. The largest absolute Gasteiger partial charge is 0.463 e. The molecular weight excluding hydrogens is 384 g/mol. The molecule has 0 bridgehead atoms. The molecule has 0 aromatic carbocycles. The second-order valence-corrected chi connectivity index (χ2v) is 6.53. The van der Waals surface area contributed by atoms with Crippen LogP contribution in [0.2, 0.25) is 0 Å². The Morgan fingerprint density at radius 2 is 1.33 bits per heavy atom. The molecule has 10 nitrogen and oxygen atoms in total. The van der Waals surface area contributed by atoms with Crippen molar-refractivity contribution in [3.63, 3.8) is 0 Å². The summed E-state index contributed by atoms with van der Waals surface area (Å²) in [7, 11) is 0. The predicted octanol–water partition coefficient (Wildman–Crippen LogP) is 0.362. The molecule has 154 valence electrons. The quantitative estimate of drug-likeness (QED) is 0.273. The standard InChI is InChI=1S/C16H24O10S/c1-7(17)21-6-12-13(22-8(2)18)14(23-9(3)19)15(24-10(4)20)16(26-12)25-11(5)27/h11-16,27H,6H2,1-5H3/t11?,12-,13+,14+,15-,16-/m1/s1. The fourth-order valence-electron chi connectivity index (χ4n) is 2.49. The van der Waals surface area contributed by atoms with Crippen LogP contribution in [0, 0.1) is 0 Å². The van der Waals surface area contributed by atoms with E-state index in [0.29, 0.717) is 0 Å². The van der Waals surface area contributed by atoms with Crippen LogP contribution in [0.3, 0.4) is 0 Å². The monoisotopic (exact) mass is 408 g/mol. The highest BCUT2D eigenvalue weighted by molar-refractivity contribution is 7.80. The second-order valence-electron chi connectivity index (χ2n) is 5.80. The zero-order chi connectivity index (χ0) is 20.7. The molecule has 1 aliphatic heterocycles. The number of rotatable bonds is 7. The summed E-state index contributed by atoms with van der Waals surface area (Å²) in [6.45, 7) is 5.92. The van der Waals surface area contributed by atoms with Gasteiger partial charge in [-0.2, -0.15) is 0 Å². The van der Waals surface area contributed by atoms with Gasteiger partial charge in [0.25, 0.3) is 0 Å². The summed E-state index contributed by atoms with van der Waals surface area (Å²) >= 11 is 4.11. The molecule has 27 heavy (non-hydrogen) atoms. The number of carbonyl (C=O) groups excluding carboxylic acids is 4. The van der Waals surface area contributed by atoms with Gasteiger partial charge in [-0.25, -0.2) is 0 Å². The summed E-state index contributed by atoms with van der Waals surface area (Å²) in [6.07, 6.45) is -5.94. The van der Waals surface area contributed by atoms with Gasteiger partial charge in [-0.1, -0.05) is 0 Å². The van der Waals surface area contributed by atoms with Crippen LogP contribution in [0.4, 0.5) is 0 Å². The lowest BCUT2D eigenvalue weighted by Crippen LogP contribution is -2.63. The number of thiol groups is 1. The van der Waals surface area contributed by atoms with E-state index in [0.717, 1.165) is 20.8 Å². The summed E-state index contributed by atoms with van der Waals surface area (Å²) in [5.74, 6) is -2.69. The first-order valence-corrected chi connectivity index (χ1v) is 8.67. The summed E-state index contributed by atoms with van der Waals surface area (Å²) in [5.41, 5.74) is -0.634. The maximum Gasteiger partial charge on any atom is 0.303 e. The van der Waals surface area contributed by atoms with Gasteiger partial charge < -0.3 is 28.4 Å². The highest BCUT2D eigenvalue weighted by atomic mass is 32.1. The highest BCUT2D eigenvalue weighted by Gasteiger charge is 2.53. The minimum Gasteiger partial charge on any atom is -0.463 e. The average molecular weight is 408 g/mol. The molecule has 1 saturated heterocycles. The van der Waals surface area contributed by atoms with Gasteiger partial charge in [0, 0.05) is 27.7 Å². The van der Waals surface area contributed by atoms with Gasteiger partial charge in [0.2, 0.25) is 6.29 Å². The van der Waals surface area contributed by atoms with Gasteiger partial charge in [-0.05, 0) is 6.92 Å². The second kappa shape index (κ2) is 10.5. The van der Waals surface area contributed by atoms with Crippen molar-refractivity contribution in [1.29, 1.82) is 0 Å². The first-order chi connectivity index (χ1) is 12.5. The van der Waals surface area contributed by atoms with E-state index in [9.17, 15) is 19.2 Å². The Morgan fingerprint density at radius 3 is 1.78 bits per heavy atom. The Morgan fingerprint density at radius 1 is 0.852 bits per heavy atom. The third-order valence-electron chi connectivity index (χ3n) is 3.28. The van der Waals surface area contributed by atoms with Crippen LogP contribution in [-0.2, 0) is 47.6 Å². The predicted molar refractivity (Wildman–Crippen MR) is 91.5 cm³/mol. The van der Waals surface area contributed by atoms with Crippen molar-refractivity contribution >= 4 is 36.5 Å². The fourth-order valence-corrected chi connectivity index (χ4v) is 2.61. The smallest absolute Gasteiger partial charge is 0.303 e. The Balaban J connectivity index is 3.27. The van der Waals surface area contributed by atoms with Crippen molar-refractivity contribution in [2.24, 2.45) is 0 Å².